The van der Waals surface area contributed by atoms with Crippen LogP contribution >= 0.6 is 34.8 Å². The molecule has 27 nitrogen and oxygen atoms in total. The predicted molar refractivity (Wildman–Crippen MR) is 470 cm³/mol. The summed E-state index contributed by atoms with van der Waals surface area (Å²) in [7, 11) is -10.4. The minimum atomic E-state index is -4.06. The number of hydrogen-bond acceptors (Lipinski definition) is 16. The first-order chi connectivity index (χ1) is 57.8. The van der Waals surface area contributed by atoms with E-state index in [4.69, 9.17) is 53.4 Å². The lowest BCUT2D eigenvalue weighted by Crippen LogP contribution is -2.38. The van der Waals surface area contributed by atoms with Gasteiger partial charge >= 0.3 is 0 Å². The Bertz CT molecular complexity index is 6230. The number of fused-ring (bicyclic) bond motifs is 3. The van der Waals surface area contributed by atoms with E-state index in [1.807, 2.05) is 181 Å². The topological polar surface area (TPSA) is 375 Å². The summed E-state index contributed by atoms with van der Waals surface area (Å²) in [5.74, 6) is -2.82. The van der Waals surface area contributed by atoms with E-state index >= 15 is 0 Å². The molecule has 13 rings (SSSR count). The molecule has 7 aromatic carbocycles. The van der Waals surface area contributed by atoms with E-state index in [2.05, 4.69) is 45.1 Å². The summed E-state index contributed by atoms with van der Waals surface area (Å²) in [6, 6.07) is 52.6. The van der Waals surface area contributed by atoms with Gasteiger partial charge in [-0.2, -0.15) is 0 Å². The fourth-order valence-corrected chi connectivity index (χ4v) is 16.5. The van der Waals surface area contributed by atoms with E-state index in [1.165, 1.54) is 12.3 Å². The molecule has 6 aromatic heterocycles. The number of rotatable bonds is 34. The normalized spacial score (nSPS) is 11.5. The van der Waals surface area contributed by atoms with Gasteiger partial charge in [-0.1, -0.05) is 108 Å². The number of ether oxygens (including phenoxy) is 3. The first-order valence-corrected chi connectivity index (χ1v) is 44.8. The minimum absolute atomic E-state index is 0.0689. The number of hydrogen-bond donors (Lipinski definition) is 9. The molecule has 0 saturated carbocycles. The molecule has 6 heterocycles. The second-order valence-electron chi connectivity index (χ2n) is 28.6. The average Bonchev–Trinajstić information content (AvgIpc) is 1.65. The Morgan fingerprint density at radius 1 is 0.388 bits per heavy atom. The summed E-state index contributed by atoms with van der Waals surface area (Å²) >= 11 is 18.7. The van der Waals surface area contributed by atoms with Crippen molar-refractivity contribution >= 4 is 133 Å². The van der Waals surface area contributed by atoms with Crippen molar-refractivity contribution in [3.8, 4) is 22.9 Å². The quantitative estimate of drug-likeness (QED) is 0.0169. The van der Waals surface area contributed by atoms with Gasteiger partial charge in [0.2, 0.25) is 30.1 Å². The van der Waals surface area contributed by atoms with Gasteiger partial charge in [0, 0.05) is 92.5 Å². The molecule has 0 aliphatic heterocycles. The molecule has 33 heteroatoms. The van der Waals surface area contributed by atoms with Gasteiger partial charge in [0.1, 0.15) is 45.7 Å². The van der Waals surface area contributed by atoms with Gasteiger partial charge in [0.05, 0.1) is 43.3 Å². The summed E-state index contributed by atoms with van der Waals surface area (Å²) in [5.41, 5.74) is 12.0. The van der Waals surface area contributed by atoms with E-state index < -0.39 is 82.8 Å². The van der Waals surface area contributed by atoms with Crippen LogP contribution in [0.4, 0.5) is 0 Å². The van der Waals surface area contributed by atoms with Gasteiger partial charge in [0.15, 0.2) is 5.76 Å². The molecule has 0 atom stereocenters. The lowest BCUT2D eigenvalue weighted by Gasteiger charge is -2.11. The number of sulfonamides is 3. The molecule has 634 valence electrons. The summed E-state index contributed by atoms with van der Waals surface area (Å²) in [4.78, 5) is 85.5. The Morgan fingerprint density at radius 2 is 0.719 bits per heavy atom. The minimum Gasteiger partial charge on any atom is -0.494 e. The maximum absolute atomic E-state index is 13.2. The van der Waals surface area contributed by atoms with Gasteiger partial charge in [-0.25, -0.2) is 39.4 Å². The van der Waals surface area contributed by atoms with Gasteiger partial charge in [-0.05, 0) is 233 Å². The first-order valence-electron chi connectivity index (χ1n) is 38.7. The number of aromatic amines is 3. The number of furan rings is 1. The number of carbonyl (C=O) groups is 6. The number of para-hydroxylation sites is 4. The number of nitrogens with zero attached hydrogens (tertiary/aromatic N) is 2. The van der Waals surface area contributed by atoms with Crippen molar-refractivity contribution in [3.63, 3.8) is 0 Å². The van der Waals surface area contributed by atoms with Crippen LogP contribution in [-0.4, -0.2) is 141 Å². The number of H-pyrrole nitrogens is 3. The second kappa shape index (κ2) is 40.8. The average molecular weight is 1760 g/mol. The lowest BCUT2D eigenvalue weighted by atomic mass is 10.1. The van der Waals surface area contributed by atoms with Crippen molar-refractivity contribution in [1.29, 1.82) is 0 Å². The molecule has 0 aliphatic rings. The Morgan fingerprint density at radius 3 is 1.07 bits per heavy atom. The van der Waals surface area contributed by atoms with Crippen LogP contribution in [0.15, 0.2) is 199 Å². The third kappa shape index (κ3) is 23.9. The third-order valence-corrected chi connectivity index (χ3v) is 25.0. The molecule has 0 spiro atoms. The number of nitrogens with one attached hydrogen (secondary N) is 9. The van der Waals surface area contributed by atoms with Crippen LogP contribution in [-0.2, 0) is 56.4 Å². The molecule has 6 amide bonds. The molecule has 13 aromatic rings. The van der Waals surface area contributed by atoms with Crippen molar-refractivity contribution in [3.05, 3.63) is 294 Å². The molecule has 0 radical (unpaired) electrons. The first kappa shape index (κ1) is 89.7. The number of halogens is 3. The number of amides is 6. The van der Waals surface area contributed by atoms with E-state index in [9.17, 15) is 54.0 Å². The number of aryl methyl sites for hydroxylation is 10. The standard InChI is InChI=1S/C33H33ClN4O5S.C28H31ClN4O5S.C27H28ClN3O6S/c1-22-20-25(21-23(2)30(22)34)43-18-9-13-27-26-12-6-7-14-28(26)36-31(27)33(40)37-44(41,42)19-16-35-32(39)29-15-8-17-38(29)24-10-4-3-5-11-24;1-18-16-20(17-19(2)25(18)29)38-14-7-9-22-21-8-4-5-10-23(21)31-26(22)28(35)32-39(36,37)15-12-30-27(34)24-11-6-13-33(24)3;1-17-15-19(16-18(2)24(17)28)36-12-5-8-21-20-7-3-4-9-22(20)30-25(21)27(33)31-38(34,35)14-11-29-26(32)23-10-6-13-37-23/h3-8,10-12,14-15,17,20-21,36H,9,13,16,18-19H2,1-2H3,(H,35,39)(H,37,40);4-6,8,10-11,13,16-17,31H,7,9,12,14-15H2,1-3H3,(H,30,34)(H,32,35);3-4,6-7,9-10,13,15-16,30H,5,8,11-12,14H2,1-2H3,(H,29,32)(H,31,33). The van der Waals surface area contributed by atoms with E-state index in [-0.39, 0.29) is 42.5 Å². The fraction of sp³-hybridized carbons (Fsp3) is 0.250. The van der Waals surface area contributed by atoms with Gasteiger partial charge in [-0.3, -0.25) is 28.8 Å². The molecule has 9 N–H and O–H groups in total. The molecule has 121 heavy (non-hydrogen) atoms. The highest BCUT2D eigenvalue weighted by molar-refractivity contribution is 7.90. The van der Waals surface area contributed by atoms with Crippen molar-refractivity contribution in [2.45, 2.75) is 80.1 Å². The number of benzene rings is 7. The van der Waals surface area contributed by atoms with Gasteiger partial charge < -0.3 is 58.7 Å². The van der Waals surface area contributed by atoms with Crippen LogP contribution in [0.5, 0.6) is 17.2 Å². The molecule has 0 fully saturated rings. The van der Waals surface area contributed by atoms with E-state index in [1.54, 1.807) is 58.9 Å². The fourth-order valence-electron chi connectivity index (χ4n) is 13.6. The zero-order chi connectivity index (χ0) is 86.7. The molecule has 0 aliphatic carbocycles. The highest BCUT2D eigenvalue weighted by Gasteiger charge is 2.27. The Labute approximate surface area is 715 Å². The predicted octanol–water partition coefficient (Wildman–Crippen LogP) is 14.5. The Balaban J connectivity index is 0.000000178. The maximum Gasteiger partial charge on any atom is 0.287 e. The number of carbonyl (C=O) groups excluding carboxylic acids is 6. The zero-order valence-corrected chi connectivity index (χ0v) is 72.1. The van der Waals surface area contributed by atoms with Gasteiger partial charge in [-0.15, -0.1) is 0 Å². The monoisotopic (exact) mass is 1760 g/mol. The lowest BCUT2D eigenvalue weighted by molar-refractivity contribution is 0.0924. The molecule has 0 bridgehead atoms. The summed E-state index contributed by atoms with van der Waals surface area (Å²) in [6.45, 7) is 12.2. The van der Waals surface area contributed by atoms with Crippen LogP contribution < -0.4 is 44.3 Å². The number of aromatic nitrogens is 5. The molecule has 0 unspecified atom stereocenters. The van der Waals surface area contributed by atoms with Crippen LogP contribution in [0, 0.1) is 41.5 Å². The van der Waals surface area contributed by atoms with E-state index in [0.29, 0.717) is 113 Å². The Kier molecular flexibility index (Phi) is 30.3. The van der Waals surface area contributed by atoms with Crippen LogP contribution in [0.2, 0.25) is 15.1 Å². The highest BCUT2D eigenvalue weighted by atomic mass is 35.5. The van der Waals surface area contributed by atoms with Crippen LogP contribution in [0.1, 0.15) is 132 Å². The van der Waals surface area contributed by atoms with Crippen molar-refractivity contribution in [2.24, 2.45) is 7.05 Å². The van der Waals surface area contributed by atoms with Crippen molar-refractivity contribution < 1.29 is 72.6 Å². The zero-order valence-electron chi connectivity index (χ0n) is 67.4. The summed E-state index contributed by atoms with van der Waals surface area (Å²) in [6.07, 6.45) is 8.05. The Hall–Kier alpha value is -12.1. The molecule has 0 saturated heterocycles. The second-order valence-corrected chi connectivity index (χ2v) is 35.3. The van der Waals surface area contributed by atoms with Gasteiger partial charge in [0.25, 0.3) is 35.4 Å². The van der Waals surface area contributed by atoms with Crippen molar-refractivity contribution in [2.75, 3.05) is 56.7 Å². The maximum atomic E-state index is 13.2. The summed E-state index contributed by atoms with van der Waals surface area (Å²) < 4.78 is 109. The third-order valence-electron chi connectivity index (χ3n) is 19.5. The molecular weight excluding hydrogens is 1670 g/mol. The van der Waals surface area contributed by atoms with E-state index in [0.717, 1.165) is 77.5 Å². The highest BCUT2D eigenvalue weighted by Crippen LogP contribution is 2.32. The van der Waals surface area contributed by atoms with Crippen LogP contribution in [0.3, 0.4) is 0 Å². The van der Waals surface area contributed by atoms with Crippen molar-refractivity contribution in [1.82, 2.24) is 54.2 Å². The summed E-state index contributed by atoms with van der Waals surface area (Å²) in [5, 5.41) is 12.3. The smallest absolute Gasteiger partial charge is 0.287 e. The molecular formula is C88H92Cl3N11O16S3. The van der Waals surface area contributed by atoms with Crippen LogP contribution in [0.25, 0.3) is 38.4 Å². The largest absolute Gasteiger partial charge is 0.494 e. The SMILES string of the molecule is Cc1cc(OCCCc2c(C(=O)NS(=O)(=O)CCNC(=O)c3cccn3-c3ccccc3)[nH]c3ccccc23)cc(C)c1Cl.Cc1cc(OCCCc2c(C(=O)NS(=O)(=O)CCNC(=O)c3cccn3C)[nH]c3ccccc23)cc(C)c1Cl.Cc1cc(OCCCc2c(C(=O)NS(=O)(=O)CCNC(=O)c3ccco3)[nH]c3ccccc23)cc(C)c1Cl.